The zero-order valence-electron chi connectivity index (χ0n) is 18.9. The Labute approximate surface area is 192 Å². The van der Waals surface area contributed by atoms with Crippen LogP contribution in [0.25, 0.3) is 44.0 Å². The van der Waals surface area contributed by atoms with Crippen LogP contribution in [0.3, 0.4) is 0 Å². The summed E-state index contributed by atoms with van der Waals surface area (Å²) in [4.78, 5) is 18.9. The van der Waals surface area contributed by atoms with Gasteiger partial charge in [0.25, 0.3) is 0 Å². The molecule has 1 aliphatic rings. The molecule has 5 aromatic rings. The lowest BCUT2D eigenvalue weighted by molar-refractivity contribution is 0.355. The molecular formula is C27H28N6. The van der Waals surface area contributed by atoms with Gasteiger partial charge in [-0.3, -0.25) is 4.90 Å². The van der Waals surface area contributed by atoms with Gasteiger partial charge >= 0.3 is 0 Å². The van der Waals surface area contributed by atoms with Crippen LogP contribution in [0.5, 0.6) is 0 Å². The van der Waals surface area contributed by atoms with Crippen molar-refractivity contribution in [1.29, 1.82) is 0 Å². The van der Waals surface area contributed by atoms with Crippen LogP contribution in [0, 0.1) is 0 Å². The zero-order valence-corrected chi connectivity index (χ0v) is 18.9. The van der Waals surface area contributed by atoms with Crippen LogP contribution in [-0.2, 0) is 6.54 Å². The minimum atomic E-state index is 0.342. The molecule has 0 saturated carbocycles. The highest BCUT2D eigenvalue weighted by atomic mass is 15.1. The normalized spacial score (nSPS) is 16.5. The van der Waals surface area contributed by atoms with Gasteiger partial charge in [0.05, 0.1) is 34.7 Å². The van der Waals surface area contributed by atoms with E-state index in [0.717, 1.165) is 59.8 Å². The van der Waals surface area contributed by atoms with Crippen molar-refractivity contribution in [1.82, 2.24) is 30.2 Å². The maximum Gasteiger partial charge on any atom is 0.124 e. The first kappa shape index (κ1) is 20.1. The summed E-state index contributed by atoms with van der Waals surface area (Å²) in [6.45, 7) is 6.48. The topological polar surface area (TPSA) is 72.6 Å². The third-order valence-electron chi connectivity index (χ3n) is 6.60. The van der Waals surface area contributed by atoms with Crippen molar-refractivity contribution < 1.29 is 0 Å². The molecular weight excluding hydrogens is 408 g/mol. The fourth-order valence-electron chi connectivity index (χ4n) is 4.94. The smallest absolute Gasteiger partial charge is 0.124 e. The molecule has 3 heterocycles. The highest BCUT2D eigenvalue weighted by Gasteiger charge is 2.20. The number of nitrogens with zero attached hydrogens (tertiary/aromatic N) is 3. The summed E-state index contributed by atoms with van der Waals surface area (Å²) in [5, 5.41) is 5.93. The van der Waals surface area contributed by atoms with Crippen LogP contribution in [0.2, 0.25) is 0 Å². The van der Waals surface area contributed by atoms with Gasteiger partial charge in [0.15, 0.2) is 0 Å². The summed E-state index contributed by atoms with van der Waals surface area (Å²) < 4.78 is 0. The van der Waals surface area contributed by atoms with E-state index in [4.69, 9.17) is 9.97 Å². The molecule has 0 spiro atoms. The largest absolute Gasteiger partial charge is 0.341 e. The SMILES string of the molecule is C=CCN(C)Cc1nc2ccc(-c3ccc4c(ccc5[nH]c(C6CCCN6)nc54)c3)cc2[nH]1. The van der Waals surface area contributed by atoms with Crippen LogP contribution in [-0.4, -0.2) is 45.0 Å². The maximum atomic E-state index is 4.96. The molecule has 3 aromatic carbocycles. The fraction of sp³-hybridized carbons (Fsp3) is 0.259. The number of H-pyrrole nitrogens is 2. The number of likely N-dealkylation sites (N-methyl/N-ethyl adjacent to an activating group) is 1. The number of nitrogens with one attached hydrogen (secondary N) is 3. The van der Waals surface area contributed by atoms with Crippen LogP contribution >= 0.6 is 0 Å². The van der Waals surface area contributed by atoms with Crippen molar-refractivity contribution in [3.05, 3.63) is 72.8 Å². The quantitative estimate of drug-likeness (QED) is 0.316. The molecule has 1 unspecified atom stereocenters. The summed E-state index contributed by atoms with van der Waals surface area (Å²) in [5.74, 6) is 2.02. The van der Waals surface area contributed by atoms with Crippen molar-refractivity contribution in [2.24, 2.45) is 0 Å². The predicted octanol–water partition coefficient (Wildman–Crippen LogP) is 5.30. The molecule has 2 aromatic heterocycles. The van der Waals surface area contributed by atoms with E-state index in [1.807, 2.05) is 6.08 Å². The van der Waals surface area contributed by atoms with E-state index in [9.17, 15) is 0 Å². The van der Waals surface area contributed by atoms with Gasteiger partial charge in [-0.15, -0.1) is 6.58 Å². The molecule has 166 valence electrons. The molecule has 0 aliphatic carbocycles. The Balaban J connectivity index is 1.34. The maximum absolute atomic E-state index is 4.96. The fourth-order valence-corrected chi connectivity index (χ4v) is 4.94. The number of hydrogen-bond donors (Lipinski definition) is 3. The van der Waals surface area contributed by atoms with Crippen molar-refractivity contribution in [3.8, 4) is 11.1 Å². The van der Waals surface area contributed by atoms with E-state index in [2.05, 4.69) is 82.3 Å². The number of aromatic amines is 2. The molecule has 3 N–H and O–H groups in total. The Kier molecular flexibility index (Phi) is 4.97. The Morgan fingerprint density at radius 1 is 1.03 bits per heavy atom. The van der Waals surface area contributed by atoms with Crippen molar-refractivity contribution in [2.45, 2.75) is 25.4 Å². The lowest BCUT2D eigenvalue weighted by Crippen LogP contribution is -2.18. The first-order valence-electron chi connectivity index (χ1n) is 11.6. The molecule has 1 fully saturated rings. The summed E-state index contributed by atoms with van der Waals surface area (Å²) >= 11 is 0. The van der Waals surface area contributed by atoms with Gasteiger partial charge in [0.1, 0.15) is 11.6 Å². The molecule has 6 rings (SSSR count). The van der Waals surface area contributed by atoms with E-state index in [1.165, 1.54) is 28.3 Å². The third-order valence-corrected chi connectivity index (χ3v) is 6.60. The van der Waals surface area contributed by atoms with Crippen molar-refractivity contribution in [3.63, 3.8) is 0 Å². The minimum absolute atomic E-state index is 0.342. The number of hydrogen-bond acceptors (Lipinski definition) is 4. The van der Waals surface area contributed by atoms with Crippen LogP contribution in [0.4, 0.5) is 0 Å². The van der Waals surface area contributed by atoms with E-state index < -0.39 is 0 Å². The van der Waals surface area contributed by atoms with Gasteiger partial charge < -0.3 is 15.3 Å². The molecule has 0 amide bonds. The van der Waals surface area contributed by atoms with Crippen molar-refractivity contribution in [2.75, 3.05) is 20.1 Å². The molecule has 1 aliphatic heterocycles. The van der Waals surface area contributed by atoms with E-state index in [-0.39, 0.29) is 0 Å². The standard InChI is InChI=1S/C27H28N6/c1-3-13-33(2)16-25-29-21-10-7-18(15-24(21)30-25)17-6-9-20-19(14-17)8-11-22-26(20)32-27(31-22)23-5-4-12-28-23/h3,6-11,14-15,23,28H,1,4-5,12-13,16H2,2H3,(H,29,30)(H,31,32). The van der Waals surface area contributed by atoms with Crippen LogP contribution in [0.15, 0.2) is 61.2 Å². The predicted molar refractivity (Wildman–Crippen MR) is 135 cm³/mol. The van der Waals surface area contributed by atoms with E-state index in [0.29, 0.717) is 6.04 Å². The number of aromatic nitrogens is 4. The highest BCUT2D eigenvalue weighted by molar-refractivity contribution is 6.05. The molecule has 6 heteroatoms. The Morgan fingerprint density at radius 3 is 2.76 bits per heavy atom. The van der Waals surface area contributed by atoms with Crippen LogP contribution in [0.1, 0.15) is 30.5 Å². The summed E-state index contributed by atoms with van der Waals surface area (Å²) in [6, 6.07) is 17.8. The molecule has 1 atom stereocenters. The first-order chi connectivity index (χ1) is 16.2. The highest BCUT2D eigenvalue weighted by Crippen LogP contribution is 2.31. The average Bonchev–Trinajstić information content (AvgIpc) is 3.56. The van der Waals surface area contributed by atoms with E-state index in [1.54, 1.807) is 0 Å². The average molecular weight is 437 g/mol. The van der Waals surface area contributed by atoms with Crippen LogP contribution < -0.4 is 5.32 Å². The Hall–Kier alpha value is -3.48. The second-order valence-corrected chi connectivity index (χ2v) is 9.07. The second kappa shape index (κ2) is 8.14. The van der Waals surface area contributed by atoms with Gasteiger partial charge in [-0.05, 0) is 67.2 Å². The number of benzene rings is 3. The monoisotopic (exact) mass is 436 g/mol. The Morgan fingerprint density at radius 2 is 1.91 bits per heavy atom. The van der Waals surface area contributed by atoms with Gasteiger partial charge in [0.2, 0.25) is 0 Å². The number of imidazole rings is 2. The second-order valence-electron chi connectivity index (χ2n) is 9.07. The minimum Gasteiger partial charge on any atom is -0.341 e. The molecule has 1 saturated heterocycles. The lowest BCUT2D eigenvalue weighted by atomic mass is 10.0. The third kappa shape index (κ3) is 3.71. The molecule has 33 heavy (non-hydrogen) atoms. The summed E-state index contributed by atoms with van der Waals surface area (Å²) in [5.41, 5.74) is 6.58. The van der Waals surface area contributed by atoms with Gasteiger partial charge in [0, 0.05) is 11.9 Å². The van der Waals surface area contributed by atoms with Gasteiger partial charge in [-0.1, -0.05) is 30.3 Å². The van der Waals surface area contributed by atoms with E-state index >= 15 is 0 Å². The molecule has 0 bridgehead atoms. The van der Waals surface area contributed by atoms with Crippen molar-refractivity contribution >= 4 is 32.8 Å². The van der Waals surface area contributed by atoms with Gasteiger partial charge in [-0.25, -0.2) is 9.97 Å². The molecule has 0 radical (unpaired) electrons. The zero-order chi connectivity index (χ0) is 22.4. The first-order valence-corrected chi connectivity index (χ1v) is 11.6. The van der Waals surface area contributed by atoms with Gasteiger partial charge in [-0.2, -0.15) is 0 Å². The number of rotatable bonds is 6. The lowest BCUT2D eigenvalue weighted by Gasteiger charge is -2.11. The summed E-state index contributed by atoms with van der Waals surface area (Å²) in [6.07, 6.45) is 4.26. The Bertz CT molecular complexity index is 1470. The molecule has 6 nitrogen and oxygen atoms in total. The number of fused-ring (bicyclic) bond motifs is 4. The summed E-state index contributed by atoms with van der Waals surface area (Å²) in [7, 11) is 2.07.